The standard InChI is InChI=1S/C18H22N4O/c1-13(2)23-16-9-7-15(8-10-16)12-19-14(3)18-21-20-17-6-4-5-11-22(17)18/h4-11,13-14,19H,12H2,1-3H3. The van der Waals surface area contributed by atoms with Gasteiger partial charge in [0.15, 0.2) is 11.5 Å². The number of nitrogens with one attached hydrogen (secondary N) is 1. The molecule has 0 radical (unpaired) electrons. The summed E-state index contributed by atoms with van der Waals surface area (Å²) < 4.78 is 7.67. The van der Waals surface area contributed by atoms with Crippen LogP contribution in [-0.2, 0) is 6.54 Å². The minimum absolute atomic E-state index is 0.110. The lowest BCUT2D eigenvalue weighted by atomic mass is 10.2. The molecule has 120 valence electrons. The van der Waals surface area contributed by atoms with E-state index in [-0.39, 0.29) is 12.1 Å². The Balaban J connectivity index is 1.63. The van der Waals surface area contributed by atoms with Crippen molar-refractivity contribution in [2.24, 2.45) is 0 Å². The summed E-state index contributed by atoms with van der Waals surface area (Å²) in [5.41, 5.74) is 2.08. The van der Waals surface area contributed by atoms with Crippen molar-refractivity contribution in [1.82, 2.24) is 19.9 Å². The Morgan fingerprint density at radius 2 is 1.83 bits per heavy atom. The van der Waals surface area contributed by atoms with Crippen LogP contribution in [0.1, 0.15) is 38.2 Å². The molecule has 1 N–H and O–H groups in total. The Morgan fingerprint density at radius 3 is 2.57 bits per heavy atom. The Kier molecular flexibility index (Phi) is 4.57. The highest BCUT2D eigenvalue weighted by atomic mass is 16.5. The highest BCUT2D eigenvalue weighted by Gasteiger charge is 2.12. The Labute approximate surface area is 136 Å². The molecule has 5 nitrogen and oxygen atoms in total. The molecule has 0 aliphatic carbocycles. The first kappa shape index (κ1) is 15.5. The van der Waals surface area contributed by atoms with Gasteiger partial charge >= 0.3 is 0 Å². The summed E-state index contributed by atoms with van der Waals surface area (Å²) in [7, 11) is 0. The van der Waals surface area contributed by atoms with Crippen molar-refractivity contribution in [3.05, 3.63) is 60.0 Å². The molecule has 0 aliphatic heterocycles. The highest BCUT2D eigenvalue weighted by molar-refractivity contribution is 5.37. The minimum Gasteiger partial charge on any atom is -0.491 e. The van der Waals surface area contributed by atoms with Gasteiger partial charge in [-0.15, -0.1) is 10.2 Å². The molecule has 5 heteroatoms. The number of pyridine rings is 1. The van der Waals surface area contributed by atoms with Gasteiger partial charge in [-0.2, -0.15) is 0 Å². The van der Waals surface area contributed by atoms with Gasteiger partial charge < -0.3 is 10.1 Å². The molecule has 0 bridgehead atoms. The molecule has 1 atom stereocenters. The second kappa shape index (κ2) is 6.79. The summed E-state index contributed by atoms with van der Waals surface area (Å²) >= 11 is 0. The van der Waals surface area contributed by atoms with Crippen LogP contribution in [0, 0.1) is 0 Å². The fourth-order valence-electron chi connectivity index (χ4n) is 2.48. The van der Waals surface area contributed by atoms with E-state index >= 15 is 0 Å². The molecule has 0 fully saturated rings. The summed E-state index contributed by atoms with van der Waals surface area (Å²) in [6, 6.07) is 14.2. The molecule has 1 unspecified atom stereocenters. The van der Waals surface area contributed by atoms with Crippen LogP contribution in [0.2, 0.25) is 0 Å². The highest BCUT2D eigenvalue weighted by Crippen LogP contribution is 2.16. The lowest BCUT2D eigenvalue weighted by Gasteiger charge is -2.13. The van der Waals surface area contributed by atoms with E-state index in [0.29, 0.717) is 0 Å². The maximum Gasteiger partial charge on any atom is 0.160 e. The molecule has 1 aromatic carbocycles. The van der Waals surface area contributed by atoms with E-state index < -0.39 is 0 Å². The van der Waals surface area contributed by atoms with Crippen LogP contribution in [0.4, 0.5) is 0 Å². The predicted octanol–water partition coefficient (Wildman–Crippen LogP) is 3.37. The first-order valence-electron chi connectivity index (χ1n) is 7.92. The molecule has 23 heavy (non-hydrogen) atoms. The lowest BCUT2D eigenvalue weighted by Crippen LogP contribution is -2.20. The van der Waals surface area contributed by atoms with E-state index in [1.165, 1.54) is 5.56 Å². The zero-order chi connectivity index (χ0) is 16.2. The quantitative estimate of drug-likeness (QED) is 0.758. The van der Waals surface area contributed by atoms with Crippen molar-refractivity contribution in [3.8, 4) is 5.75 Å². The second-order valence-electron chi connectivity index (χ2n) is 5.90. The molecular weight excluding hydrogens is 288 g/mol. The summed E-state index contributed by atoms with van der Waals surface area (Å²) in [6.07, 6.45) is 2.18. The van der Waals surface area contributed by atoms with Crippen LogP contribution in [0.15, 0.2) is 48.7 Å². The summed E-state index contributed by atoms with van der Waals surface area (Å²) in [5, 5.41) is 12.0. The van der Waals surface area contributed by atoms with Gasteiger partial charge in [0.25, 0.3) is 0 Å². The molecule has 2 heterocycles. The topological polar surface area (TPSA) is 51.5 Å². The molecular formula is C18H22N4O. The van der Waals surface area contributed by atoms with Gasteiger partial charge in [-0.25, -0.2) is 0 Å². The van der Waals surface area contributed by atoms with E-state index in [4.69, 9.17) is 4.74 Å². The molecule has 0 saturated carbocycles. The van der Waals surface area contributed by atoms with E-state index in [0.717, 1.165) is 23.8 Å². The molecule has 3 rings (SSSR count). The zero-order valence-corrected chi connectivity index (χ0v) is 13.7. The summed E-state index contributed by atoms with van der Waals surface area (Å²) in [6.45, 7) is 6.92. The number of ether oxygens (including phenoxy) is 1. The minimum atomic E-state index is 0.110. The van der Waals surface area contributed by atoms with Crippen molar-refractivity contribution in [1.29, 1.82) is 0 Å². The zero-order valence-electron chi connectivity index (χ0n) is 13.7. The van der Waals surface area contributed by atoms with Gasteiger partial charge in [0.2, 0.25) is 0 Å². The lowest BCUT2D eigenvalue weighted by molar-refractivity contribution is 0.242. The fourth-order valence-corrected chi connectivity index (χ4v) is 2.48. The molecule has 2 aromatic heterocycles. The van der Waals surface area contributed by atoms with E-state index in [1.807, 2.05) is 54.8 Å². The van der Waals surface area contributed by atoms with Crippen molar-refractivity contribution >= 4 is 5.65 Å². The van der Waals surface area contributed by atoms with Crippen molar-refractivity contribution in [2.75, 3.05) is 0 Å². The number of benzene rings is 1. The van der Waals surface area contributed by atoms with E-state index in [2.05, 4.69) is 34.6 Å². The molecule has 0 saturated heterocycles. The van der Waals surface area contributed by atoms with Gasteiger partial charge in [0.1, 0.15) is 5.75 Å². The van der Waals surface area contributed by atoms with Crippen LogP contribution in [-0.4, -0.2) is 20.7 Å². The monoisotopic (exact) mass is 310 g/mol. The van der Waals surface area contributed by atoms with Gasteiger partial charge in [-0.3, -0.25) is 4.40 Å². The molecule has 3 aromatic rings. The maximum atomic E-state index is 5.66. The number of fused-ring (bicyclic) bond motifs is 1. The maximum absolute atomic E-state index is 5.66. The van der Waals surface area contributed by atoms with Crippen molar-refractivity contribution in [3.63, 3.8) is 0 Å². The van der Waals surface area contributed by atoms with Gasteiger partial charge in [0.05, 0.1) is 12.1 Å². The third kappa shape index (κ3) is 3.68. The third-order valence-electron chi connectivity index (χ3n) is 3.63. The van der Waals surface area contributed by atoms with Crippen molar-refractivity contribution in [2.45, 2.75) is 39.5 Å². The molecule has 0 amide bonds. The smallest absolute Gasteiger partial charge is 0.160 e. The second-order valence-corrected chi connectivity index (χ2v) is 5.90. The predicted molar refractivity (Wildman–Crippen MR) is 90.4 cm³/mol. The number of rotatable bonds is 6. The van der Waals surface area contributed by atoms with Crippen LogP contribution in [0.25, 0.3) is 5.65 Å². The first-order valence-corrected chi connectivity index (χ1v) is 7.92. The van der Waals surface area contributed by atoms with Gasteiger partial charge in [-0.05, 0) is 50.6 Å². The largest absolute Gasteiger partial charge is 0.491 e. The average Bonchev–Trinajstić information content (AvgIpc) is 2.97. The number of nitrogens with zero attached hydrogens (tertiary/aromatic N) is 3. The summed E-state index contributed by atoms with van der Waals surface area (Å²) in [4.78, 5) is 0. The first-order chi connectivity index (χ1) is 11.1. The average molecular weight is 310 g/mol. The molecule has 0 spiro atoms. The Hall–Kier alpha value is -2.40. The fraction of sp³-hybridized carbons (Fsp3) is 0.333. The SMILES string of the molecule is CC(C)Oc1ccc(CNC(C)c2nnc3ccccn23)cc1. The van der Waals surface area contributed by atoms with Crippen molar-refractivity contribution < 1.29 is 4.74 Å². The van der Waals surface area contributed by atoms with Gasteiger partial charge in [-0.1, -0.05) is 18.2 Å². The van der Waals surface area contributed by atoms with Crippen LogP contribution in [0.3, 0.4) is 0 Å². The Bertz CT molecular complexity index is 764. The van der Waals surface area contributed by atoms with Crippen LogP contribution in [0.5, 0.6) is 5.75 Å². The molecule has 0 aliphatic rings. The third-order valence-corrected chi connectivity index (χ3v) is 3.63. The Morgan fingerprint density at radius 1 is 1.04 bits per heavy atom. The van der Waals surface area contributed by atoms with E-state index in [9.17, 15) is 0 Å². The number of aromatic nitrogens is 3. The van der Waals surface area contributed by atoms with Crippen LogP contribution >= 0.6 is 0 Å². The van der Waals surface area contributed by atoms with Crippen LogP contribution < -0.4 is 10.1 Å². The number of hydrogen-bond acceptors (Lipinski definition) is 4. The normalized spacial score (nSPS) is 12.7. The van der Waals surface area contributed by atoms with Gasteiger partial charge in [0, 0.05) is 12.7 Å². The number of hydrogen-bond donors (Lipinski definition) is 1. The van der Waals surface area contributed by atoms with E-state index in [1.54, 1.807) is 0 Å². The summed E-state index contributed by atoms with van der Waals surface area (Å²) in [5.74, 6) is 1.82.